The summed E-state index contributed by atoms with van der Waals surface area (Å²) in [5.74, 6) is 0.0136. The molecule has 3 aromatic heterocycles. The second-order valence-corrected chi connectivity index (χ2v) is 12.6. The number of carbonyl (C=O) groups excluding carboxylic acids is 1. The van der Waals surface area contributed by atoms with Crippen molar-refractivity contribution in [2.75, 3.05) is 7.11 Å². The second kappa shape index (κ2) is 11.1. The van der Waals surface area contributed by atoms with Crippen molar-refractivity contribution in [3.05, 3.63) is 127 Å². The number of Topliss-reactive ketones (excluding diaryl/α,β-unsaturated/α-hetero) is 1. The van der Waals surface area contributed by atoms with Crippen molar-refractivity contribution < 1.29 is 24.5 Å². The number of hydrogen-bond donors (Lipinski definition) is 3. The van der Waals surface area contributed by atoms with E-state index in [2.05, 4.69) is 10.1 Å². The van der Waals surface area contributed by atoms with E-state index in [0.717, 1.165) is 5.56 Å². The summed E-state index contributed by atoms with van der Waals surface area (Å²) < 4.78 is 14.8. The number of benzene rings is 3. The molecule has 1 aliphatic carbocycles. The lowest BCUT2D eigenvalue weighted by atomic mass is 9.71. The summed E-state index contributed by atoms with van der Waals surface area (Å²) in [5, 5.41) is 28.0. The number of allylic oxidation sites excluding steroid dienone is 1. The normalized spacial score (nSPS) is 16.1. The number of pyridine rings is 1. The van der Waals surface area contributed by atoms with Gasteiger partial charge in [0.25, 0.3) is 5.56 Å². The van der Waals surface area contributed by atoms with E-state index in [4.69, 9.17) is 14.5 Å². The third-order valence-corrected chi connectivity index (χ3v) is 9.77. The van der Waals surface area contributed by atoms with Crippen molar-refractivity contribution in [3.63, 3.8) is 0 Å². The van der Waals surface area contributed by atoms with Crippen LogP contribution in [0.3, 0.4) is 0 Å². The lowest BCUT2D eigenvalue weighted by Gasteiger charge is -2.27. The first-order valence-corrected chi connectivity index (χ1v) is 16.0. The molecule has 250 valence electrons. The molecule has 0 saturated carbocycles. The van der Waals surface area contributed by atoms with Gasteiger partial charge >= 0.3 is 5.69 Å². The molecule has 3 aromatic carbocycles. The Bertz CT molecular complexity index is 2560. The average Bonchev–Trinajstić information content (AvgIpc) is 3.61. The van der Waals surface area contributed by atoms with Crippen LogP contribution in [-0.2, 0) is 18.4 Å². The molecular weight excluding hydrogens is 638 g/mol. The fraction of sp³-hybridized carbons (Fsp3) is 0.184. The van der Waals surface area contributed by atoms with Crippen LogP contribution in [0.1, 0.15) is 45.4 Å². The average molecular weight is 670 g/mol. The third-order valence-electron chi connectivity index (χ3n) is 9.77. The zero-order valence-corrected chi connectivity index (χ0v) is 27.6. The molecule has 1 unspecified atom stereocenters. The van der Waals surface area contributed by atoms with Gasteiger partial charge in [-0.15, -0.1) is 0 Å². The van der Waals surface area contributed by atoms with E-state index in [1.165, 1.54) is 17.6 Å². The number of H-pyrrole nitrogens is 1. The van der Waals surface area contributed by atoms with Gasteiger partial charge in [0, 0.05) is 18.2 Å². The highest BCUT2D eigenvalue weighted by Crippen LogP contribution is 2.60. The minimum atomic E-state index is -1.47. The number of aromatic hydroxyl groups is 2. The summed E-state index contributed by atoms with van der Waals surface area (Å²) in [5.41, 5.74) is 1.08. The highest BCUT2D eigenvalue weighted by molar-refractivity contribution is 6.14. The van der Waals surface area contributed by atoms with Crippen molar-refractivity contribution >= 4 is 22.9 Å². The van der Waals surface area contributed by atoms with Gasteiger partial charge in [0.05, 0.1) is 52.0 Å². The molecule has 1 aliphatic heterocycles. The number of aromatic amines is 1. The predicted molar refractivity (Wildman–Crippen MR) is 185 cm³/mol. The highest BCUT2D eigenvalue weighted by Gasteiger charge is 2.55. The zero-order chi connectivity index (χ0) is 35.1. The Labute approximate surface area is 284 Å². The molecule has 6 aromatic rings. The van der Waals surface area contributed by atoms with Gasteiger partial charge in [-0.05, 0) is 69.2 Å². The number of phenolic OH excluding ortho intramolecular Hbond substituents is 2. The number of ether oxygens (including phenoxy) is 2. The van der Waals surface area contributed by atoms with Gasteiger partial charge in [-0.3, -0.25) is 19.1 Å². The molecule has 2 aliphatic rings. The largest absolute Gasteiger partial charge is 0.507 e. The molecule has 0 amide bonds. The van der Waals surface area contributed by atoms with Gasteiger partial charge in [-0.25, -0.2) is 14.5 Å². The minimum Gasteiger partial charge on any atom is -0.507 e. The van der Waals surface area contributed by atoms with Crippen LogP contribution in [0.2, 0.25) is 0 Å². The van der Waals surface area contributed by atoms with Crippen molar-refractivity contribution in [2.24, 2.45) is 0 Å². The number of hydrogen-bond acceptors (Lipinski definition) is 9. The number of nitrogens with one attached hydrogen (secondary N) is 1. The molecule has 3 N–H and O–H groups in total. The van der Waals surface area contributed by atoms with E-state index in [9.17, 15) is 24.6 Å². The van der Waals surface area contributed by atoms with Crippen LogP contribution < -0.4 is 20.7 Å². The number of phenols is 2. The summed E-state index contributed by atoms with van der Waals surface area (Å²) >= 11 is 0. The first-order valence-electron chi connectivity index (χ1n) is 16.0. The van der Waals surface area contributed by atoms with Gasteiger partial charge < -0.3 is 19.7 Å². The molecule has 0 bridgehead atoms. The van der Waals surface area contributed by atoms with E-state index in [1.54, 1.807) is 49.9 Å². The van der Waals surface area contributed by atoms with Gasteiger partial charge in [-0.2, -0.15) is 5.10 Å². The lowest BCUT2D eigenvalue weighted by molar-refractivity contribution is 0.0905. The Morgan fingerprint density at radius 3 is 2.40 bits per heavy atom. The fourth-order valence-corrected chi connectivity index (χ4v) is 7.01. The van der Waals surface area contributed by atoms with Crippen LogP contribution in [0.5, 0.6) is 23.0 Å². The summed E-state index contributed by atoms with van der Waals surface area (Å²) in [7, 11) is 1.58. The Morgan fingerprint density at radius 2 is 1.68 bits per heavy atom. The van der Waals surface area contributed by atoms with Crippen LogP contribution in [-0.4, -0.2) is 47.4 Å². The number of methoxy groups -OCH3 is 1. The number of nitrogens with zero attached hydrogens (tertiary/aromatic N) is 4. The van der Waals surface area contributed by atoms with Gasteiger partial charge in [-0.1, -0.05) is 30.3 Å². The van der Waals surface area contributed by atoms with Crippen LogP contribution in [0.25, 0.3) is 34.1 Å². The number of rotatable bonds is 6. The number of ketones is 1. The van der Waals surface area contributed by atoms with Crippen molar-refractivity contribution in [1.82, 2.24) is 24.3 Å². The number of fused-ring (bicyclic) bond motifs is 5. The summed E-state index contributed by atoms with van der Waals surface area (Å²) in [6.45, 7) is 5.19. The second-order valence-electron chi connectivity index (χ2n) is 12.6. The SMILES string of the molecule is COc1ccc(-n2nc(C)c3c2C=C2Oc4c(-c5ccc6c(=O)[nH]c(=O)n(CCc7ccccc7)c6n5)c(O)c(C)c(O)c4C2(C)C3=O)cc1. The highest BCUT2D eigenvalue weighted by atomic mass is 16.5. The summed E-state index contributed by atoms with van der Waals surface area (Å²) in [6.07, 6.45) is 2.23. The summed E-state index contributed by atoms with van der Waals surface area (Å²) in [4.78, 5) is 47.7. The molecular formula is C38H31N5O7. The van der Waals surface area contributed by atoms with Crippen molar-refractivity contribution in [2.45, 2.75) is 39.2 Å². The zero-order valence-electron chi connectivity index (χ0n) is 27.6. The number of aromatic nitrogens is 5. The molecule has 0 saturated heterocycles. The Kier molecular flexibility index (Phi) is 6.83. The van der Waals surface area contributed by atoms with E-state index >= 15 is 0 Å². The molecule has 1 atom stereocenters. The van der Waals surface area contributed by atoms with E-state index < -0.39 is 16.7 Å². The van der Waals surface area contributed by atoms with Crippen LogP contribution in [0.4, 0.5) is 0 Å². The Morgan fingerprint density at radius 1 is 0.940 bits per heavy atom. The smallest absolute Gasteiger partial charge is 0.330 e. The lowest BCUT2D eigenvalue weighted by Crippen LogP contribution is -2.36. The quantitative estimate of drug-likeness (QED) is 0.219. The topological polar surface area (TPSA) is 162 Å². The molecule has 0 radical (unpaired) electrons. The summed E-state index contributed by atoms with van der Waals surface area (Å²) in [6, 6.07) is 19.9. The van der Waals surface area contributed by atoms with E-state index in [0.29, 0.717) is 34.8 Å². The van der Waals surface area contributed by atoms with Gasteiger partial charge in [0.15, 0.2) is 5.78 Å². The maximum atomic E-state index is 14.6. The monoisotopic (exact) mass is 669 g/mol. The first-order chi connectivity index (χ1) is 24.0. The minimum absolute atomic E-state index is 0.0503. The van der Waals surface area contributed by atoms with E-state index in [-0.39, 0.29) is 68.8 Å². The van der Waals surface area contributed by atoms with Crippen molar-refractivity contribution in [3.8, 4) is 39.9 Å². The number of aryl methyl sites for hydroxylation is 3. The van der Waals surface area contributed by atoms with Crippen LogP contribution >= 0.6 is 0 Å². The molecule has 12 nitrogen and oxygen atoms in total. The van der Waals surface area contributed by atoms with E-state index in [1.807, 2.05) is 42.5 Å². The standard InChI is InChI=1S/C38H31N5O7/c1-19-31(44)29(25-15-14-24-35(39-25)42(37(48)40-36(24)47)17-16-21-8-6-5-7-9-21)33-30(32(19)45)38(3)27(50-33)18-26-28(34(38)46)20(2)41-43(26)22-10-12-23(49-4)13-11-22/h5-15,18,44-45H,16-17H2,1-4H3,(H,40,47,48). The first kappa shape index (κ1) is 30.9. The molecule has 8 rings (SSSR count). The molecule has 0 spiro atoms. The Balaban J connectivity index is 1.30. The fourth-order valence-electron chi connectivity index (χ4n) is 7.01. The van der Waals surface area contributed by atoms with Crippen molar-refractivity contribution in [1.29, 1.82) is 0 Å². The molecule has 0 fully saturated rings. The molecule has 12 heteroatoms. The molecule has 50 heavy (non-hydrogen) atoms. The third kappa shape index (κ3) is 4.34. The maximum Gasteiger partial charge on any atom is 0.330 e. The maximum absolute atomic E-state index is 14.6. The van der Waals surface area contributed by atoms with Crippen LogP contribution in [0.15, 0.2) is 82.1 Å². The Hall–Kier alpha value is -6.43. The molecule has 4 heterocycles. The van der Waals surface area contributed by atoms with Gasteiger partial charge in [0.1, 0.15) is 39.8 Å². The predicted octanol–water partition coefficient (Wildman–Crippen LogP) is 5.10. The number of carbonyl (C=O) groups is 1. The van der Waals surface area contributed by atoms with Gasteiger partial charge in [0.2, 0.25) is 0 Å². The van der Waals surface area contributed by atoms with Crippen LogP contribution in [0, 0.1) is 13.8 Å².